The van der Waals surface area contributed by atoms with Gasteiger partial charge < -0.3 is 10.3 Å². The number of anilines is 1. The Morgan fingerprint density at radius 2 is 1.86 bits per heavy atom. The summed E-state index contributed by atoms with van der Waals surface area (Å²) in [4.78, 5) is 10.8. The van der Waals surface area contributed by atoms with Crippen LogP contribution < -0.4 is 5.32 Å². The van der Waals surface area contributed by atoms with Crippen LogP contribution in [0.4, 0.5) is 10.3 Å². The largest absolute Gasteiger partial charge is 0.367 e. The number of benzene rings is 1. The molecule has 0 radical (unpaired) electrons. The van der Waals surface area contributed by atoms with E-state index in [0.717, 1.165) is 29.1 Å². The van der Waals surface area contributed by atoms with E-state index >= 15 is 0 Å². The highest BCUT2D eigenvalue weighted by atomic mass is 35.5. The van der Waals surface area contributed by atoms with Gasteiger partial charge >= 0.3 is 0 Å². The molecular weight excluding hydrogens is 326 g/mol. The molecule has 0 bridgehead atoms. The summed E-state index contributed by atoms with van der Waals surface area (Å²) in [5, 5.41) is 4.06. The van der Waals surface area contributed by atoms with Gasteiger partial charge in [-0.2, -0.15) is 0 Å². The van der Waals surface area contributed by atoms with E-state index in [9.17, 15) is 4.39 Å². The van der Waals surface area contributed by atoms with Gasteiger partial charge in [-0.25, -0.2) is 14.4 Å². The number of H-pyrrole nitrogens is 1. The predicted octanol–water partition coefficient (Wildman–Crippen LogP) is 4.53. The van der Waals surface area contributed by atoms with Gasteiger partial charge in [-0.1, -0.05) is 29.3 Å². The maximum atomic E-state index is 12.8. The molecule has 2 heterocycles. The van der Waals surface area contributed by atoms with Gasteiger partial charge in [0.1, 0.15) is 0 Å². The van der Waals surface area contributed by atoms with Crippen LogP contribution in [-0.2, 0) is 6.54 Å². The van der Waals surface area contributed by atoms with Crippen molar-refractivity contribution >= 4 is 29.2 Å². The Hall–Kier alpha value is -2.11. The number of halogens is 3. The molecule has 0 fully saturated rings. The summed E-state index contributed by atoms with van der Waals surface area (Å²) in [5.74, 6) is -0.105. The van der Waals surface area contributed by atoms with Gasteiger partial charge in [-0.15, -0.1) is 0 Å². The van der Waals surface area contributed by atoms with E-state index in [-0.39, 0.29) is 0 Å². The van der Waals surface area contributed by atoms with Crippen LogP contribution in [0, 0.1) is 5.82 Å². The van der Waals surface area contributed by atoms with Gasteiger partial charge in [0.05, 0.1) is 22.4 Å². The van der Waals surface area contributed by atoms with Crippen molar-refractivity contribution in [2.45, 2.75) is 6.54 Å². The smallest absolute Gasteiger partial charge is 0.223 e. The zero-order chi connectivity index (χ0) is 15.5. The predicted molar refractivity (Wildman–Crippen MR) is 85.6 cm³/mol. The maximum absolute atomic E-state index is 12.8. The second kappa shape index (κ2) is 6.34. The fraction of sp³-hybridized carbons (Fsp3) is 0.0667. The molecule has 3 aromatic rings. The molecule has 0 aliphatic heterocycles. The van der Waals surface area contributed by atoms with Crippen LogP contribution in [0.2, 0.25) is 10.0 Å². The summed E-state index contributed by atoms with van der Waals surface area (Å²) < 4.78 is 12.8. The summed E-state index contributed by atoms with van der Waals surface area (Å²) in [6.07, 6.45) is 5.98. The molecule has 3 rings (SSSR count). The Morgan fingerprint density at radius 1 is 1.09 bits per heavy atom. The van der Waals surface area contributed by atoms with Crippen molar-refractivity contribution in [1.82, 2.24) is 15.0 Å². The Bertz CT molecular complexity index is 786. The zero-order valence-electron chi connectivity index (χ0n) is 11.3. The first kappa shape index (κ1) is 14.8. The Morgan fingerprint density at radius 3 is 2.59 bits per heavy atom. The van der Waals surface area contributed by atoms with E-state index in [1.807, 2.05) is 24.5 Å². The Labute approximate surface area is 136 Å². The van der Waals surface area contributed by atoms with Crippen LogP contribution in [0.25, 0.3) is 11.1 Å². The minimum absolute atomic E-state index is 0.364. The van der Waals surface area contributed by atoms with E-state index in [0.29, 0.717) is 22.5 Å². The highest BCUT2D eigenvalue weighted by Crippen LogP contribution is 2.30. The number of aromatic amines is 1. The second-order valence-electron chi connectivity index (χ2n) is 4.60. The maximum Gasteiger partial charge on any atom is 0.223 e. The number of nitrogens with zero attached hydrogens (tertiary/aromatic N) is 2. The minimum atomic E-state index is -0.469. The van der Waals surface area contributed by atoms with Gasteiger partial charge in [0.2, 0.25) is 5.95 Å². The van der Waals surface area contributed by atoms with Crippen LogP contribution in [0.15, 0.2) is 43.0 Å². The van der Waals surface area contributed by atoms with Crippen molar-refractivity contribution in [2.24, 2.45) is 0 Å². The van der Waals surface area contributed by atoms with Gasteiger partial charge in [-0.05, 0) is 23.3 Å². The molecule has 0 amide bonds. The molecule has 0 aliphatic rings. The van der Waals surface area contributed by atoms with Crippen LogP contribution in [-0.4, -0.2) is 15.0 Å². The van der Waals surface area contributed by atoms with Crippen molar-refractivity contribution in [2.75, 3.05) is 5.32 Å². The van der Waals surface area contributed by atoms with Crippen molar-refractivity contribution in [3.05, 3.63) is 64.4 Å². The molecule has 0 spiro atoms. The van der Waals surface area contributed by atoms with Crippen LogP contribution in [0.1, 0.15) is 5.56 Å². The second-order valence-corrected chi connectivity index (χ2v) is 5.42. The average molecular weight is 337 g/mol. The van der Waals surface area contributed by atoms with Gasteiger partial charge in [-0.3, -0.25) is 0 Å². The van der Waals surface area contributed by atoms with Gasteiger partial charge in [0.15, 0.2) is 5.82 Å². The van der Waals surface area contributed by atoms with Crippen LogP contribution >= 0.6 is 23.2 Å². The lowest BCUT2D eigenvalue weighted by atomic mass is 10.0. The summed E-state index contributed by atoms with van der Waals surface area (Å²) in [6, 6.07) is 5.47. The van der Waals surface area contributed by atoms with E-state index < -0.39 is 5.82 Å². The zero-order valence-corrected chi connectivity index (χ0v) is 12.8. The molecule has 2 N–H and O–H groups in total. The summed E-state index contributed by atoms with van der Waals surface area (Å²) >= 11 is 12.0. The molecule has 4 nitrogen and oxygen atoms in total. The molecule has 0 atom stereocenters. The third-order valence-electron chi connectivity index (χ3n) is 3.12. The monoisotopic (exact) mass is 336 g/mol. The van der Waals surface area contributed by atoms with Gasteiger partial charge in [0.25, 0.3) is 0 Å². The normalized spacial score (nSPS) is 10.7. The molecule has 0 unspecified atom stereocenters. The summed E-state index contributed by atoms with van der Waals surface area (Å²) in [7, 11) is 0. The number of rotatable bonds is 4. The highest BCUT2D eigenvalue weighted by molar-refractivity contribution is 6.42. The molecule has 2 aromatic heterocycles. The fourth-order valence-electron chi connectivity index (χ4n) is 2.05. The molecule has 0 saturated carbocycles. The molecule has 112 valence electrons. The van der Waals surface area contributed by atoms with Crippen LogP contribution in [0.5, 0.6) is 0 Å². The minimum Gasteiger partial charge on any atom is -0.367 e. The Balaban J connectivity index is 1.79. The number of hydrogen-bond acceptors (Lipinski definition) is 3. The van der Waals surface area contributed by atoms with E-state index in [2.05, 4.69) is 20.3 Å². The first-order valence-electron chi connectivity index (χ1n) is 6.46. The van der Waals surface area contributed by atoms with E-state index in [4.69, 9.17) is 23.2 Å². The van der Waals surface area contributed by atoms with Gasteiger partial charge in [0, 0.05) is 24.5 Å². The third-order valence-corrected chi connectivity index (χ3v) is 3.86. The van der Waals surface area contributed by atoms with Crippen molar-refractivity contribution in [3.63, 3.8) is 0 Å². The van der Waals surface area contributed by atoms with Crippen molar-refractivity contribution in [1.29, 1.82) is 0 Å². The molecule has 22 heavy (non-hydrogen) atoms. The standard InChI is InChI=1S/C15H11Cl2FN4/c16-13-2-1-9(3-14(13)17)12-8-19-4-10(12)5-20-15-21-6-11(18)7-22-15/h1-4,6-8,19H,5H2,(H,20,21,22). The van der Waals surface area contributed by atoms with E-state index in [1.165, 1.54) is 0 Å². The molecule has 7 heteroatoms. The quantitative estimate of drug-likeness (QED) is 0.735. The number of aromatic nitrogens is 3. The first-order valence-corrected chi connectivity index (χ1v) is 7.21. The molecular formula is C15H11Cl2FN4. The fourth-order valence-corrected chi connectivity index (χ4v) is 2.35. The van der Waals surface area contributed by atoms with E-state index in [1.54, 1.807) is 6.07 Å². The number of hydrogen-bond donors (Lipinski definition) is 2. The lowest BCUT2D eigenvalue weighted by Gasteiger charge is -2.07. The average Bonchev–Trinajstić information content (AvgIpc) is 2.98. The number of nitrogens with one attached hydrogen (secondary N) is 2. The third kappa shape index (κ3) is 3.21. The molecule has 0 aliphatic carbocycles. The highest BCUT2D eigenvalue weighted by Gasteiger charge is 2.09. The summed E-state index contributed by atoms with van der Waals surface area (Å²) in [5.41, 5.74) is 2.95. The topological polar surface area (TPSA) is 53.6 Å². The molecule has 1 aromatic carbocycles. The lowest BCUT2D eigenvalue weighted by molar-refractivity contribution is 0.614. The lowest BCUT2D eigenvalue weighted by Crippen LogP contribution is -2.03. The molecule has 0 saturated heterocycles. The van der Waals surface area contributed by atoms with Crippen molar-refractivity contribution in [3.8, 4) is 11.1 Å². The Kier molecular flexibility index (Phi) is 4.27. The van der Waals surface area contributed by atoms with Crippen molar-refractivity contribution < 1.29 is 4.39 Å². The SMILES string of the molecule is Fc1cnc(NCc2c[nH]cc2-c2ccc(Cl)c(Cl)c2)nc1. The first-order chi connectivity index (χ1) is 10.6. The van der Waals surface area contributed by atoms with Crippen LogP contribution in [0.3, 0.4) is 0 Å². The summed E-state index contributed by atoms with van der Waals surface area (Å²) in [6.45, 7) is 0.491.